The number of phosphoric ester groups is 2. The molecule has 6 saturated heterocycles. The van der Waals surface area contributed by atoms with E-state index >= 15 is 0 Å². The van der Waals surface area contributed by atoms with Gasteiger partial charge in [-0.15, -0.1) is 0 Å². The van der Waals surface area contributed by atoms with Crippen LogP contribution in [0.1, 0.15) is 113 Å². The first-order valence-corrected chi connectivity index (χ1v) is 53.2. The van der Waals surface area contributed by atoms with E-state index in [2.05, 4.69) is 65.9 Å². The van der Waals surface area contributed by atoms with Crippen molar-refractivity contribution in [3.63, 3.8) is 0 Å². The van der Waals surface area contributed by atoms with E-state index < -0.39 is 101 Å². The lowest BCUT2D eigenvalue weighted by atomic mass is 10.0. The van der Waals surface area contributed by atoms with Gasteiger partial charge in [-0.05, 0) is 96.3 Å². The predicted molar refractivity (Wildman–Crippen MR) is 465 cm³/mol. The largest absolute Gasteiger partial charge is 0.470 e. The number of phosphoric acid groups is 2. The number of rotatable bonds is 64. The summed E-state index contributed by atoms with van der Waals surface area (Å²) in [5, 5.41) is 65.0. The number of halogens is 4. The van der Waals surface area contributed by atoms with Crippen LogP contribution in [0.5, 0.6) is 0 Å². The molecular formula is C70H120Cl4N14O33P4S2. The van der Waals surface area contributed by atoms with E-state index in [0.29, 0.717) is 185 Å². The summed E-state index contributed by atoms with van der Waals surface area (Å²) in [7, 11) is -10.3. The van der Waals surface area contributed by atoms with Crippen molar-refractivity contribution >= 4 is 143 Å². The van der Waals surface area contributed by atoms with Crippen LogP contribution in [0.25, 0.3) is 0 Å². The molecule has 6 amide bonds. The van der Waals surface area contributed by atoms with Crippen LogP contribution in [0.3, 0.4) is 0 Å². The molecule has 728 valence electrons. The van der Waals surface area contributed by atoms with Gasteiger partial charge in [-0.3, -0.25) is 46.5 Å². The van der Waals surface area contributed by atoms with Gasteiger partial charge in [0, 0.05) is 123 Å². The summed E-state index contributed by atoms with van der Waals surface area (Å²) in [5.41, 5.74) is 10.9. The molecule has 14 atom stereocenters. The fraction of sp³-hybridized carbons (Fsp3) is 0.800. The van der Waals surface area contributed by atoms with Crippen LogP contribution in [0.4, 0.5) is 21.2 Å². The summed E-state index contributed by atoms with van der Waals surface area (Å²) < 4.78 is 112. The van der Waals surface area contributed by atoms with Crippen LogP contribution in [-0.2, 0) is 111 Å². The maximum atomic E-state index is 12.7. The Kier molecular flexibility index (Phi) is 52.6. The molecule has 8 rings (SSSR count). The zero-order valence-corrected chi connectivity index (χ0v) is 78.0. The zero-order valence-electron chi connectivity index (χ0n) is 69.8. The fourth-order valence-electron chi connectivity index (χ4n) is 13.5. The highest BCUT2D eigenvalue weighted by atomic mass is 35.9. The number of ether oxygens (including phenoxy) is 10. The van der Waals surface area contributed by atoms with Crippen molar-refractivity contribution in [3.05, 3.63) is 44.5 Å². The maximum Gasteiger partial charge on any atom is 0.470 e. The Morgan fingerprint density at radius 1 is 0.488 bits per heavy atom. The number of anilines is 2. The van der Waals surface area contributed by atoms with Crippen molar-refractivity contribution < 1.29 is 148 Å². The second kappa shape index (κ2) is 59.7. The number of hydrogen-bond donors (Lipinski definition) is 18. The highest BCUT2D eigenvalue weighted by molar-refractivity contribution is 8.15. The molecule has 0 bridgehead atoms. The number of carbonyl (C=O) groups is 6. The van der Waals surface area contributed by atoms with E-state index in [4.69, 9.17) is 114 Å². The molecule has 0 aromatic carbocycles. The van der Waals surface area contributed by atoms with Crippen molar-refractivity contribution in [1.29, 1.82) is 0 Å². The molecular weight excluding hydrogens is 1890 g/mol. The average Bonchev–Trinajstić information content (AvgIpc) is 1.65. The molecule has 2 aromatic rings. The third-order valence-electron chi connectivity index (χ3n) is 19.7. The molecule has 2 unspecified atom stereocenters. The van der Waals surface area contributed by atoms with Crippen LogP contribution in [0, 0.1) is 0 Å². The van der Waals surface area contributed by atoms with Gasteiger partial charge in [-0.2, -0.15) is 33.5 Å². The smallest absolute Gasteiger partial charge is 0.394 e. The first-order chi connectivity index (χ1) is 60.4. The summed E-state index contributed by atoms with van der Waals surface area (Å²) in [6.07, 6.45) is -7.54. The number of ketones is 2. The molecule has 0 saturated carbocycles. The topological polar surface area (TPSA) is 671 Å². The number of nitrogens with two attached hydrogens (primary N) is 2. The summed E-state index contributed by atoms with van der Waals surface area (Å²) in [6, 6.07) is 0.756. The maximum absolute atomic E-state index is 12.7. The number of hydrogen-bond acceptors (Lipinski definition) is 37. The standard InChI is InChI=1S/C35H61N7O18P2S.C35H59N7O12S.Cl4O3P2/c36-32-23(20-42(35(47)41-32)33-30(45)31(60-62(51,52)53)26(59-33)21-58-61(48,49)50)4-3-9-38-28(44)8-12-54-14-16-56-18-19-57-17-15-55-13-11-37-10-7-24(43)5-1-2-6-27-29-25(22-63-27)39-34(46)40-29;36-32-23(20-42(35(49)41-32)33-31(47)30(46)26(21-43)54-33)4-3-9-38-28(45)8-12-50-14-16-52-18-19-53-17-15-51-13-11-37-10-7-24(44)5-1-2-6-27-29-25(22-55-27)39-34(48)40-29;1-8(2,5)7-9(3,4)6/h20,25-27,29-31,33,37,45H,1-19,21-22H2,(H,38,44)(H2,36,41,47)(H2,39,40,46)(H2,48,49,50)(H2,51,52,53);20,25-27,29-31,33,37,43,46-47H,1-19,21-22H2,(H,38,45)(H2,36,41,49)(H2,39,40,48);/t25-,26+,27-,29-,30?,31-,33+;25-,26+,27-,29-,30-,31?,33+;/m00./s1. The molecule has 57 heteroatoms. The summed E-state index contributed by atoms with van der Waals surface area (Å²) in [4.78, 5) is 141. The number of nitrogens with zero attached hydrogens (tertiary/aromatic N) is 4. The van der Waals surface area contributed by atoms with E-state index in [1.165, 1.54) is 12.4 Å². The zero-order chi connectivity index (χ0) is 93.0. The van der Waals surface area contributed by atoms with Gasteiger partial charge < -0.3 is 141 Å². The quantitative estimate of drug-likeness (QED) is 0.0248. The Bertz CT molecular complexity index is 3990. The number of nitrogens with one attached hydrogen (secondary N) is 8. The number of amides is 6. The second-order valence-electron chi connectivity index (χ2n) is 29.3. The molecule has 6 fully saturated rings. The van der Waals surface area contributed by atoms with Crippen LogP contribution in [0.2, 0.25) is 0 Å². The number of Topliss-reactive ketones (excluding diaryl/α,β-unsaturated/α-hetero) is 2. The summed E-state index contributed by atoms with van der Waals surface area (Å²) >= 11 is 22.9. The van der Waals surface area contributed by atoms with E-state index in [1.807, 2.05) is 23.5 Å². The molecule has 6 aliphatic rings. The van der Waals surface area contributed by atoms with E-state index in [1.54, 1.807) is 0 Å². The number of fused-ring (bicyclic) bond motifs is 2. The fourth-order valence-corrected chi connectivity index (χ4v) is 22.6. The Morgan fingerprint density at radius 2 is 0.874 bits per heavy atom. The van der Waals surface area contributed by atoms with Crippen molar-refractivity contribution in [1.82, 2.24) is 61.6 Å². The Balaban J connectivity index is 0.000000359. The molecule has 0 spiro atoms. The highest BCUT2D eigenvalue weighted by Gasteiger charge is 2.50. The molecule has 0 radical (unpaired) electrons. The molecule has 47 nitrogen and oxygen atoms in total. The minimum atomic E-state index is -5.24. The van der Waals surface area contributed by atoms with Gasteiger partial charge in [0.25, 0.3) is 0 Å². The molecule has 6 aliphatic heterocycles. The number of aliphatic hydroxyl groups excluding tert-OH is 4. The van der Waals surface area contributed by atoms with Gasteiger partial charge in [-0.1, -0.05) is 12.8 Å². The molecule has 0 aliphatic carbocycles. The summed E-state index contributed by atoms with van der Waals surface area (Å²) in [6.45, 7) is 7.72. The van der Waals surface area contributed by atoms with E-state index in [9.17, 15) is 86.8 Å². The van der Waals surface area contributed by atoms with Crippen molar-refractivity contribution in [3.8, 4) is 0 Å². The van der Waals surface area contributed by atoms with Crippen LogP contribution in [0.15, 0.2) is 22.0 Å². The number of unbranched alkanes of at least 4 members (excludes halogenated alkanes) is 2. The van der Waals surface area contributed by atoms with Crippen LogP contribution >= 0.6 is 96.3 Å². The predicted octanol–water partition coefficient (Wildman–Crippen LogP) is 0.842. The first-order valence-electron chi connectivity index (χ1n) is 41.2. The van der Waals surface area contributed by atoms with Crippen molar-refractivity contribution in [2.45, 2.75) is 186 Å². The Morgan fingerprint density at radius 3 is 1.24 bits per heavy atom. The van der Waals surface area contributed by atoms with E-state index in [-0.39, 0.29) is 117 Å². The van der Waals surface area contributed by atoms with Gasteiger partial charge in [-0.25, -0.2) is 32.6 Å². The van der Waals surface area contributed by atoms with Crippen LogP contribution in [-0.4, -0.2) is 336 Å². The third-order valence-corrected chi connectivity index (χ3v) is 27.5. The number of urea groups is 2. The lowest BCUT2D eigenvalue weighted by Gasteiger charge is -2.21. The number of thioether (sulfide) groups is 2. The lowest BCUT2D eigenvalue weighted by Crippen LogP contribution is -2.38. The minimum absolute atomic E-state index is 0.0221. The highest BCUT2D eigenvalue weighted by Crippen LogP contribution is 2.74. The average molecular weight is 2020 g/mol. The number of aromatic nitrogens is 4. The Labute approximate surface area is 760 Å². The minimum Gasteiger partial charge on any atom is -0.394 e. The third kappa shape index (κ3) is 45.3. The number of carbonyl (C=O) groups excluding carboxylic acids is 6. The second-order valence-corrected chi connectivity index (χ2v) is 43.0. The monoisotopic (exact) mass is 2010 g/mol. The van der Waals surface area contributed by atoms with Gasteiger partial charge in [0.05, 0.1) is 143 Å². The number of aliphatic hydroxyl groups is 4. The normalized spacial score (nSPS) is 23.2. The SMILES string of the molecule is Nc1nc(=O)n([C@@H]2O[C@H](CO)[C@H](O)C2O)cc1CCCNC(=O)CCOCCOCCOCCOCCNCCC(=O)CCCC[C@@H]1SC[C@@H]2NC(=O)N[C@@H]21.Nc1nc(=O)n([C@@H]2O[C@H](COP(=O)(O)O)[C@H](OP(=O)(O)O)C2O)cc1CCCNC(=O)CCOCCOCCOCCOCCNCCC(=O)CCCC[C@@H]1SC[C@@H]2NC(=O)N[C@@H]21.O=P(Cl)(Cl)OP(=O)(Cl)Cl. The van der Waals surface area contributed by atoms with Crippen LogP contribution < -0.4 is 65.4 Å². The first kappa shape index (κ1) is 112. The van der Waals surface area contributed by atoms with Gasteiger partial charge >= 0.3 is 51.2 Å². The Hall–Kier alpha value is -3.96. The van der Waals surface area contributed by atoms with Crippen molar-refractivity contribution in [2.75, 3.05) is 181 Å². The molecule has 8 heterocycles. The summed E-state index contributed by atoms with van der Waals surface area (Å²) in [5.74, 6) is 1.84. The number of aryl methyl sites for hydroxylation is 2. The molecule has 127 heavy (non-hydrogen) atoms. The van der Waals surface area contributed by atoms with Gasteiger partial charge in [0.15, 0.2) is 12.5 Å². The molecule has 20 N–H and O–H groups in total. The van der Waals surface area contributed by atoms with Crippen molar-refractivity contribution in [2.24, 2.45) is 0 Å². The molecule has 2 aromatic heterocycles. The number of nitrogen functional groups attached to an aromatic ring is 2. The van der Waals surface area contributed by atoms with E-state index in [0.717, 1.165) is 59.2 Å². The van der Waals surface area contributed by atoms with Gasteiger partial charge in [0.2, 0.25) is 11.8 Å². The van der Waals surface area contributed by atoms with Gasteiger partial charge in [0.1, 0.15) is 59.8 Å². The lowest BCUT2D eigenvalue weighted by molar-refractivity contribution is -0.123.